The molecular formula is C11H19ClN4. The molecule has 1 fully saturated rings. The Morgan fingerprint density at radius 1 is 1.56 bits per heavy atom. The number of rotatable bonds is 2. The van der Waals surface area contributed by atoms with Gasteiger partial charge in [0, 0.05) is 44.8 Å². The maximum atomic E-state index is 6.23. The summed E-state index contributed by atoms with van der Waals surface area (Å²) < 4.78 is 1.75. The molecule has 4 nitrogen and oxygen atoms in total. The SMILES string of the molecule is Cc1nn(C)c(Cl)c1CN1CCN[C@@H](C)C1. The van der Waals surface area contributed by atoms with E-state index in [1.807, 2.05) is 14.0 Å². The van der Waals surface area contributed by atoms with Crippen molar-refractivity contribution < 1.29 is 0 Å². The highest BCUT2D eigenvalue weighted by atomic mass is 35.5. The number of hydrogen-bond donors (Lipinski definition) is 1. The van der Waals surface area contributed by atoms with E-state index in [2.05, 4.69) is 22.2 Å². The van der Waals surface area contributed by atoms with Crippen LogP contribution in [-0.2, 0) is 13.6 Å². The smallest absolute Gasteiger partial charge is 0.131 e. The standard InChI is InChI=1S/C11H19ClN4/c1-8-6-16(5-4-13-8)7-10-9(2)14-15(3)11(10)12/h8,13H,4-7H2,1-3H3/t8-/m0/s1. The molecule has 1 aliphatic heterocycles. The van der Waals surface area contributed by atoms with Gasteiger partial charge in [-0.25, -0.2) is 0 Å². The quantitative estimate of drug-likeness (QED) is 0.846. The highest BCUT2D eigenvalue weighted by Crippen LogP contribution is 2.20. The lowest BCUT2D eigenvalue weighted by Crippen LogP contribution is -2.48. The molecule has 0 aliphatic carbocycles. The predicted molar refractivity (Wildman–Crippen MR) is 65.7 cm³/mol. The van der Waals surface area contributed by atoms with E-state index >= 15 is 0 Å². The molecule has 2 rings (SSSR count). The van der Waals surface area contributed by atoms with E-state index in [9.17, 15) is 0 Å². The molecule has 16 heavy (non-hydrogen) atoms. The van der Waals surface area contributed by atoms with E-state index in [0.29, 0.717) is 6.04 Å². The Kier molecular flexibility index (Phi) is 3.52. The lowest BCUT2D eigenvalue weighted by atomic mass is 10.2. The second-order valence-corrected chi connectivity index (χ2v) is 4.93. The molecule has 1 atom stereocenters. The molecule has 0 saturated carbocycles. The Morgan fingerprint density at radius 3 is 2.88 bits per heavy atom. The number of nitrogens with one attached hydrogen (secondary N) is 1. The van der Waals surface area contributed by atoms with Crippen molar-refractivity contribution in [1.82, 2.24) is 20.0 Å². The highest BCUT2D eigenvalue weighted by molar-refractivity contribution is 6.30. The fraction of sp³-hybridized carbons (Fsp3) is 0.727. The summed E-state index contributed by atoms with van der Waals surface area (Å²) in [6.45, 7) is 8.35. The van der Waals surface area contributed by atoms with Gasteiger partial charge in [0.15, 0.2) is 0 Å². The summed E-state index contributed by atoms with van der Waals surface area (Å²) in [6, 6.07) is 0.560. The fourth-order valence-corrected chi connectivity index (χ4v) is 2.47. The van der Waals surface area contributed by atoms with Crippen molar-refractivity contribution >= 4 is 11.6 Å². The molecular weight excluding hydrogens is 224 g/mol. The maximum absolute atomic E-state index is 6.23. The zero-order chi connectivity index (χ0) is 11.7. The van der Waals surface area contributed by atoms with E-state index in [1.165, 1.54) is 5.56 Å². The van der Waals surface area contributed by atoms with Crippen molar-refractivity contribution in [3.8, 4) is 0 Å². The molecule has 0 spiro atoms. The average molecular weight is 243 g/mol. The topological polar surface area (TPSA) is 33.1 Å². The zero-order valence-electron chi connectivity index (χ0n) is 10.1. The molecule has 5 heteroatoms. The summed E-state index contributed by atoms with van der Waals surface area (Å²) in [5, 5.41) is 8.54. The molecule has 1 aromatic rings. The molecule has 0 aromatic carbocycles. The van der Waals surface area contributed by atoms with Gasteiger partial charge in [-0.2, -0.15) is 5.10 Å². The normalized spacial score (nSPS) is 22.6. The minimum atomic E-state index is 0.560. The van der Waals surface area contributed by atoms with Gasteiger partial charge in [-0.05, 0) is 13.8 Å². The van der Waals surface area contributed by atoms with Crippen molar-refractivity contribution in [2.24, 2.45) is 7.05 Å². The first-order valence-corrected chi connectivity index (χ1v) is 6.09. The van der Waals surface area contributed by atoms with Crippen LogP contribution in [0.2, 0.25) is 5.15 Å². The van der Waals surface area contributed by atoms with Gasteiger partial charge >= 0.3 is 0 Å². The number of halogens is 1. The van der Waals surface area contributed by atoms with E-state index < -0.39 is 0 Å². The third-order valence-electron chi connectivity index (χ3n) is 3.10. The summed E-state index contributed by atoms with van der Waals surface area (Å²) in [5.41, 5.74) is 2.21. The van der Waals surface area contributed by atoms with Gasteiger partial charge in [0.2, 0.25) is 0 Å². The van der Waals surface area contributed by atoms with Crippen molar-refractivity contribution in [1.29, 1.82) is 0 Å². The number of hydrogen-bond acceptors (Lipinski definition) is 3. The molecule has 2 heterocycles. The second kappa shape index (κ2) is 4.73. The molecule has 1 saturated heterocycles. The molecule has 0 radical (unpaired) electrons. The van der Waals surface area contributed by atoms with E-state index in [0.717, 1.165) is 37.0 Å². The van der Waals surface area contributed by atoms with Crippen LogP contribution in [0.5, 0.6) is 0 Å². The lowest BCUT2D eigenvalue weighted by molar-refractivity contribution is 0.199. The van der Waals surface area contributed by atoms with E-state index in [4.69, 9.17) is 11.6 Å². The Bertz CT molecular complexity index is 374. The van der Waals surface area contributed by atoms with Crippen LogP contribution in [0, 0.1) is 6.92 Å². The second-order valence-electron chi connectivity index (χ2n) is 4.57. The summed E-state index contributed by atoms with van der Waals surface area (Å²) in [4.78, 5) is 2.43. The van der Waals surface area contributed by atoms with Crippen molar-refractivity contribution in [2.75, 3.05) is 19.6 Å². The van der Waals surface area contributed by atoms with Gasteiger partial charge in [0.1, 0.15) is 5.15 Å². The first-order valence-electron chi connectivity index (χ1n) is 5.71. The Hall–Kier alpha value is -0.580. The summed E-state index contributed by atoms with van der Waals surface area (Å²) >= 11 is 6.23. The Morgan fingerprint density at radius 2 is 2.31 bits per heavy atom. The third kappa shape index (κ3) is 2.39. The van der Waals surface area contributed by atoms with Gasteiger partial charge in [-0.15, -0.1) is 0 Å². The third-order valence-corrected chi connectivity index (χ3v) is 3.58. The van der Waals surface area contributed by atoms with Crippen LogP contribution >= 0.6 is 11.6 Å². The largest absolute Gasteiger partial charge is 0.312 e. The van der Waals surface area contributed by atoms with Crippen LogP contribution in [0.25, 0.3) is 0 Å². The molecule has 90 valence electrons. The maximum Gasteiger partial charge on any atom is 0.131 e. The van der Waals surface area contributed by atoms with Gasteiger partial charge in [0.25, 0.3) is 0 Å². The summed E-state index contributed by atoms with van der Waals surface area (Å²) in [5.74, 6) is 0. The van der Waals surface area contributed by atoms with Crippen molar-refractivity contribution in [3.63, 3.8) is 0 Å². The highest BCUT2D eigenvalue weighted by Gasteiger charge is 2.19. The number of piperazine rings is 1. The first kappa shape index (κ1) is 11.9. The lowest BCUT2D eigenvalue weighted by Gasteiger charge is -2.31. The van der Waals surface area contributed by atoms with E-state index in [-0.39, 0.29) is 0 Å². The van der Waals surface area contributed by atoms with Gasteiger partial charge in [-0.1, -0.05) is 11.6 Å². The molecule has 0 unspecified atom stereocenters. The minimum absolute atomic E-state index is 0.560. The number of aryl methyl sites for hydroxylation is 2. The molecule has 1 aliphatic rings. The molecule has 1 aromatic heterocycles. The minimum Gasteiger partial charge on any atom is -0.312 e. The van der Waals surface area contributed by atoms with Gasteiger partial charge < -0.3 is 5.32 Å². The Balaban J connectivity index is 2.08. The van der Waals surface area contributed by atoms with Crippen LogP contribution in [0.1, 0.15) is 18.2 Å². The molecule has 0 bridgehead atoms. The van der Waals surface area contributed by atoms with Gasteiger partial charge in [0.05, 0.1) is 5.69 Å². The van der Waals surface area contributed by atoms with E-state index in [1.54, 1.807) is 4.68 Å². The van der Waals surface area contributed by atoms with Crippen LogP contribution in [0.15, 0.2) is 0 Å². The van der Waals surface area contributed by atoms with Crippen molar-refractivity contribution in [2.45, 2.75) is 26.4 Å². The van der Waals surface area contributed by atoms with Crippen LogP contribution in [0.3, 0.4) is 0 Å². The zero-order valence-corrected chi connectivity index (χ0v) is 10.9. The van der Waals surface area contributed by atoms with Gasteiger partial charge in [-0.3, -0.25) is 9.58 Å². The number of nitrogens with zero attached hydrogens (tertiary/aromatic N) is 3. The predicted octanol–water partition coefficient (Wildman–Crippen LogP) is 1.18. The van der Waals surface area contributed by atoms with Crippen LogP contribution < -0.4 is 5.32 Å². The van der Waals surface area contributed by atoms with Crippen molar-refractivity contribution in [3.05, 3.63) is 16.4 Å². The molecule has 1 N–H and O–H groups in total. The van der Waals surface area contributed by atoms with Crippen LogP contribution in [0.4, 0.5) is 0 Å². The first-order chi connectivity index (χ1) is 7.58. The molecule has 0 amide bonds. The summed E-state index contributed by atoms with van der Waals surface area (Å²) in [6.07, 6.45) is 0. The average Bonchev–Trinajstić information content (AvgIpc) is 2.45. The number of aromatic nitrogens is 2. The Labute approximate surface area is 102 Å². The van der Waals surface area contributed by atoms with Crippen LogP contribution in [-0.4, -0.2) is 40.4 Å². The summed E-state index contributed by atoms with van der Waals surface area (Å²) in [7, 11) is 1.89. The monoisotopic (exact) mass is 242 g/mol. The fourth-order valence-electron chi connectivity index (χ4n) is 2.23.